The SMILES string of the molecule is CC[C@H]1CCCC(=O)C1Cl. The Balaban J connectivity index is 2.51. The Labute approximate surface area is 66.8 Å². The summed E-state index contributed by atoms with van der Waals surface area (Å²) in [6, 6.07) is 0. The Hall–Kier alpha value is -0.0400. The monoisotopic (exact) mass is 160 g/mol. The number of halogens is 1. The number of rotatable bonds is 1. The van der Waals surface area contributed by atoms with Crippen molar-refractivity contribution < 1.29 is 4.79 Å². The molecule has 0 radical (unpaired) electrons. The second kappa shape index (κ2) is 3.38. The number of Topliss-reactive ketones (excluding diaryl/α,β-unsaturated/α-hetero) is 1. The van der Waals surface area contributed by atoms with Crippen LogP contribution in [0.5, 0.6) is 0 Å². The summed E-state index contributed by atoms with van der Waals surface area (Å²) >= 11 is 5.88. The lowest BCUT2D eigenvalue weighted by Gasteiger charge is -2.24. The van der Waals surface area contributed by atoms with Crippen LogP contribution in [0.2, 0.25) is 0 Å². The summed E-state index contributed by atoms with van der Waals surface area (Å²) in [4.78, 5) is 11.0. The first kappa shape index (κ1) is 8.06. The Morgan fingerprint density at radius 2 is 2.40 bits per heavy atom. The van der Waals surface area contributed by atoms with Crippen molar-refractivity contribution in [1.29, 1.82) is 0 Å². The van der Waals surface area contributed by atoms with E-state index in [1.807, 2.05) is 0 Å². The van der Waals surface area contributed by atoms with Gasteiger partial charge in [0.05, 0.1) is 5.38 Å². The number of hydrogen-bond acceptors (Lipinski definition) is 1. The predicted molar refractivity (Wildman–Crippen MR) is 42.3 cm³/mol. The smallest absolute Gasteiger partial charge is 0.150 e. The zero-order valence-electron chi connectivity index (χ0n) is 6.27. The average molecular weight is 161 g/mol. The van der Waals surface area contributed by atoms with Crippen molar-refractivity contribution in [3.8, 4) is 0 Å². The molecule has 0 heterocycles. The molecule has 2 heteroatoms. The molecule has 1 unspecified atom stereocenters. The van der Waals surface area contributed by atoms with E-state index >= 15 is 0 Å². The molecular formula is C8H13ClO. The van der Waals surface area contributed by atoms with Gasteiger partial charge in [0.2, 0.25) is 0 Å². The van der Waals surface area contributed by atoms with Gasteiger partial charge in [-0.15, -0.1) is 11.6 Å². The summed E-state index contributed by atoms with van der Waals surface area (Å²) in [6.45, 7) is 2.10. The fraction of sp³-hybridized carbons (Fsp3) is 0.875. The average Bonchev–Trinajstić information content (AvgIpc) is 1.95. The first-order valence-corrected chi connectivity index (χ1v) is 4.36. The summed E-state index contributed by atoms with van der Waals surface area (Å²) in [6.07, 6.45) is 3.92. The number of alkyl halides is 1. The zero-order chi connectivity index (χ0) is 7.56. The standard InChI is InChI=1S/C8H13ClO/c1-2-6-4-3-5-7(10)8(6)9/h6,8H,2-5H2,1H3/t6-,8?/m0/s1. The second-order valence-corrected chi connectivity index (χ2v) is 3.40. The summed E-state index contributed by atoms with van der Waals surface area (Å²) < 4.78 is 0. The number of carbonyl (C=O) groups excluding carboxylic acids is 1. The Kier molecular flexibility index (Phi) is 2.72. The Morgan fingerprint density at radius 1 is 1.70 bits per heavy atom. The molecular weight excluding hydrogens is 148 g/mol. The highest BCUT2D eigenvalue weighted by Crippen LogP contribution is 2.28. The van der Waals surface area contributed by atoms with Gasteiger partial charge in [-0.2, -0.15) is 0 Å². The summed E-state index contributed by atoms with van der Waals surface area (Å²) in [5, 5.41) is -0.182. The quantitative estimate of drug-likeness (QED) is 0.539. The highest BCUT2D eigenvalue weighted by atomic mass is 35.5. The molecule has 1 rings (SSSR count). The fourth-order valence-electron chi connectivity index (χ4n) is 1.50. The van der Waals surface area contributed by atoms with Gasteiger partial charge >= 0.3 is 0 Å². The van der Waals surface area contributed by atoms with E-state index in [2.05, 4.69) is 6.92 Å². The Morgan fingerprint density at radius 3 is 2.90 bits per heavy atom. The second-order valence-electron chi connectivity index (χ2n) is 2.93. The van der Waals surface area contributed by atoms with Gasteiger partial charge in [-0.3, -0.25) is 4.79 Å². The predicted octanol–water partition coefficient (Wildman–Crippen LogP) is 2.37. The molecule has 0 saturated heterocycles. The number of hydrogen-bond donors (Lipinski definition) is 0. The van der Waals surface area contributed by atoms with E-state index in [0.29, 0.717) is 12.3 Å². The summed E-state index contributed by atoms with van der Waals surface area (Å²) in [5.41, 5.74) is 0. The van der Waals surface area contributed by atoms with Crippen LogP contribution in [0, 0.1) is 5.92 Å². The first-order chi connectivity index (χ1) is 4.75. The minimum absolute atomic E-state index is 0.182. The van der Waals surface area contributed by atoms with Crippen LogP contribution in [0.4, 0.5) is 0 Å². The van der Waals surface area contributed by atoms with Crippen molar-refractivity contribution in [2.75, 3.05) is 0 Å². The van der Waals surface area contributed by atoms with Crippen LogP contribution in [-0.4, -0.2) is 11.2 Å². The van der Waals surface area contributed by atoms with Crippen LogP contribution in [0.1, 0.15) is 32.6 Å². The number of carbonyl (C=O) groups is 1. The van der Waals surface area contributed by atoms with E-state index in [-0.39, 0.29) is 11.2 Å². The van der Waals surface area contributed by atoms with E-state index in [4.69, 9.17) is 11.6 Å². The molecule has 0 amide bonds. The summed E-state index contributed by atoms with van der Waals surface area (Å²) in [7, 11) is 0. The van der Waals surface area contributed by atoms with Crippen molar-refractivity contribution in [1.82, 2.24) is 0 Å². The molecule has 0 aromatic carbocycles. The van der Waals surface area contributed by atoms with Crippen molar-refractivity contribution in [3.05, 3.63) is 0 Å². The van der Waals surface area contributed by atoms with Crippen LogP contribution in [0.25, 0.3) is 0 Å². The molecule has 0 aliphatic heterocycles. The molecule has 0 spiro atoms. The van der Waals surface area contributed by atoms with Gasteiger partial charge in [0.25, 0.3) is 0 Å². The highest BCUT2D eigenvalue weighted by Gasteiger charge is 2.28. The van der Waals surface area contributed by atoms with Gasteiger partial charge in [0.1, 0.15) is 0 Å². The minimum atomic E-state index is -0.182. The molecule has 10 heavy (non-hydrogen) atoms. The van der Waals surface area contributed by atoms with E-state index in [0.717, 1.165) is 19.3 Å². The van der Waals surface area contributed by atoms with Crippen LogP contribution in [-0.2, 0) is 4.79 Å². The molecule has 0 aromatic rings. The van der Waals surface area contributed by atoms with Crippen LogP contribution in [0.15, 0.2) is 0 Å². The third-order valence-electron chi connectivity index (χ3n) is 2.24. The van der Waals surface area contributed by atoms with E-state index < -0.39 is 0 Å². The van der Waals surface area contributed by atoms with Gasteiger partial charge in [0, 0.05) is 6.42 Å². The van der Waals surface area contributed by atoms with Crippen molar-refractivity contribution in [2.45, 2.75) is 38.0 Å². The third kappa shape index (κ3) is 1.51. The van der Waals surface area contributed by atoms with Crippen molar-refractivity contribution >= 4 is 17.4 Å². The molecule has 1 aliphatic rings. The van der Waals surface area contributed by atoms with E-state index in [1.54, 1.807) is 0 Å². The van der Waals surface area contributed by atoms with E-state index in [1.165, 1.54) is 0 Å². The normalized spacial score (nSPS) is 34.4. The van der Waals surface area contributed by atoms with Crippen LogP contribution >= 0.6 is 11.6 Å². The Bertz CT molecular complexity index is 133. The fourth-order valence-corrected chi connectivity index (χ4v) is 1.91. The van der Waals surface area contributed by atoms with E-state index in [9.17, 15) is 4.79 Å². The molecule has 1 nitrogen and oxygen atoms in total. The maximum atomic E-state index is 11.0. The van der Waals surface area contributed by atoms with Gasteiger partial charge in [-0.1, -0.05) is 13.3 Å². The van der Waals surface area contributed by atoms with Gasteiger partial charge in [-0.25, -0.2) is 0 Å². The van der Waals surface area contributed by atoms with Gasteiger partial charge in [0.15, 0.2) is 5.78 Å². The molecule has 1 fully saturated rings. The maximum Gasteiger partial charge on any atom is 0.150 e. The molecule has 0 aromatic heterocycles. The lowest BCUT2D eigenvalue weighted by molar-refractivity contribution is -0.121. The first-order valence-electron chi connectivity index (χ1n) is 3.92. The van der Waals surface area contributed by atoms with Crippen molar-refractivity contribution in [2.24, 2.45) is 5.92 Å². The van der Waals surface area contributed by atoms with Crippen LogP contribution in [0.3, 0.4) is 0 Å². The molecule has 1 saturated carbocycles. The molecule has 1 aliphatic carbocycles. The molecule has 0 bridgehead atoms. The largest absolute Gasteiger partial charge is 0.298 e. The van der Waals surface area contributed by atoms with Crippen molar-refractivity contribution in [3.63, 3.8) is 0 Å². The topological polar surface area (TPSA) is 17.1 Å². The highest BCUT2D eigenvalue weighted by molar-refractivity contribution is 6.31. The minimum Gasteiger partial charge on any atom is -0.298 e. The van der Waals surface area contributed by atoms with Gasteiger partial charge < -0.3 is 0 Å². The molecule has 2 atom stereocenters. The lowest BCUT2D eigenvalue weighted by Crippen LogP contribution is -2.28. The maximum absolute atomic E-state index is 11.0. The number of ketones is 1. The lowest BCUT2D eigenvalue weighted by atomic mass is 9.86. The summed E-state index contributed by atoms with van der Waals surface area (Å²) in [5.74, 6) is 0.697. The molecule has 58 valence electrons. The van der Waals surface area contributed by atoms with Gasteiger partial charge in [-0.05, 0) is 18.8 Å². The molecule has 0 N–H and O–H groups in total. The van der Waals surface area contributed by atoms with Crippen LogP contribution < -0.4 is 0 Å². The third-order valence-corrected chi connectivity index (χ3v) is 2.84. The zero-order valence-corrected chi connectivity index (χ0v) is 7.03.